The number of carbonyl (C=O) groups is 1. The van der Waals surface area contributed by atoms with Gasteiger partial charge in [0.05, 0.1) is 12.1 Å². The molecule has 0 aliphatic heterocycles. The molecular formula is C17H24Cl3N3O2S. The Morgan fingerprint density at radius 1 is 1.31 bits per heavy atom. The van der Waals surface area contributed by atoms with Gasteiger partial charge in [-0.2, -0.15) is 0 Å². The minimum atomic E-state index is -0.0183. The van der Waals surface area contributed by atoms with E-state index in [1.54, 1.807) is 12.1 Å². The Bertz CT molecular complexity index is 653. The molecule has 0 saturated heterocycles. The normalized spacial score (nSPS) is 11.0. The van der Waals surface area contributed by atoms with E-state index in [-0.39, 0.29) is 43.2 Å². The monoisotopic (exact) mass is 439 g/mol. The number of thiazole rings is 1. The highest BCUT2D eigenvalue weighted by molar-refractivity contribution is 7.09. The predicted molar refractivity (Wildman–Crippen MR) is 112 cm³/mol. The lowest BCUT2D eigenvalue weighted by molar-refractivity contribution is -0.120. The van der Waals surface area contributed by atoms with Crippen molar-refractivity contribution in [3.8, 4) is 5.75 Å². The van der Waals surface area contributed by atoms with Crippen LogP contribution >= 0.6 is 47.8 Å². The number of likely N-dealkylation sites (N-methyl/N-ethyl adjacent to an activating group) is 1. The van der Waals surface area contributed by atoms with E-state index in [1.807, 2.05) is 31.4 Å². The summed E-state index contributed by atoms with van der Waals surface area (Å²) >= 11 is 7.33. The predicted octanol–water partition coefficient (Wildman–Crippen LogP) is 3.88. The van der Waals surface area contributed by atoms with E-state index >= 15 is 0 Å². The second-order valence-corrected chi connectivity index (χ2v) is 6.79. The maximum atomic E-state index is 11.9. The Kier molecular flexibility index (Phi) is 12.6. The summed E-state index contributed by atoms with van der Waals surface area (Å²) < 4.78 is 5.65. The number of rotatable bonds is 9. The molecule has 0 saturated carbocycles. The van der Waals surface area contributed by atoms with E-state index in [4.69, 9.17) is 16.3 Å². The topological polar surface area (TPSA) is 63.2 Å². The van der Waals surface area contributed by atoms with Gasteiger partial charge < -0.3 is 15.4 Å². The average Bonchev–Trinajstić information content (AvgIpc) is 3.00. The third-order valence-electron chi connectivity index (χ3n) is 3.27. The van der Waals surface area contributed by atoms with Crippen molar-refractivity contribution >= 4 is 53.7 Å². The van der Waals surface area contributed by atoms with Gasteiger partial charge in [0.15, 0.2) is 0 Å². The van der Waals surface area contributed by atoms with E-state index in [0.717, 1.165) is 23.0 Å². The fourth-order valence-corrected chi connectivity index (χ4v) is 2.92. The Hall–Kier alpha value is -1.05. The minimum Gasteiger partial charge on any atom is -0.486 e. The van der Waals surface area contributed by atoms with Crippen LogP contribution < -0.4 is 15.4 Å². The molecule has 2 N–H and O–H groups in total. The Labute approximate surface area is 175 Å². The number of benzene rings is 1. The lowest BCUT2D eigenvalue weighted by Gasteiger charge is -2.12. The van der Waals surface area contributed by atoms with Crippen molar-refractivity contribution in [1.29, 1.82) is 0 Å². The molecule has 0 spiro atoms. The van der Waals surface area contributed by atoms with Gasteiger partial charge >= 0.3 is 0 Å². The highest BCUT2D eigenvalue weighted by atomic mass is 35.5. The second-order valence-electron chi connectivity index (χ2n) is 5.41. The zero-order valence-electron chi connectivity index (χ0n) is 14.7. The molecule has 1 amide bonds. The van der Waals surface area contributed by atoms with E-state index < -0.39 is 0 Å². The van der Waals surface area contributed by atoms with E-state index in [9.17, 15) is 4.79 Å². The van der Waals surface area contributed by atoms with Gasteiger partial charge in [0, 0.05) is 23.0 Å². The summed E-state index contributed by atoms with van der Waals surface area (Å²) in [6.45, 7) is 5.97. The molecular weight excluding hydrogens is 417 g/mol. The van der Waals surface area contributed by atoms with Crippen LogP contribution in [0.25, 0.3) is 0 Å². The van der Waals surface area contributed by atoms with Crippen LogP contribution in [0, 0.1) is 0 Å². The number of hydrogen-bond acceptors (Lipinski definition) is 5. The highest BCUT2D eigenvalue weighted by Crippen LogP contribution is 2.18. The van der Waals surface area contributed by atoms with Gasteiger partial charge in [-0.15, -0.1) is 36.2 Å². The van der Waals surface area contributed by atoms with Gasteiger partial charge in [-0.05, 0) is 37.7 Å². The van der Waals surface area contributed by atoms with Crippen molar-refractivity contribution in [2.24, 2.45) is 0 Å². The molecule has 0 unspecified atom stereocenters. The summed E-state index contributed by atoms with van der Waals surface area (Å²) in [5, 5.41) is 9.57. The van der Waals surface area contributed by atoms with Crippen LogP contribution in [0.5, 0.6) is 5.75 Å². The molecule has 26 heavy (non-hydrogen) atoms. The number of aromatic nitrogens is 1. The Balaban J connectivity index is 0.00000312. The summed E-state index contributed by atoms with van der Waals surface area (Å²) in [4.78, 5) is 16.4. The molecule has 1 aromatic heterocycles. The summed E-state index contributed by atoms with van der Waals surface area (Å²) in [5.74, 6) is 0.724. The maximum absolute atomic E-state index is 11.9. The van der Waals surface area contributed by atoms with Crippen LogP contribution in [-0.2, 0) is 17.8 Å². The summed E-state index contributed by atoms with van der Waals surface area (Å²) in [6.07, 6.45) is 0.288. The first-order valence-corrected chi connectivity index (χ1v) is 9.14. The average molecular weight is 441 g/mol. The van der Waals surface area contributed by atoms with Crippen LogP contribution in [-0.4, -0.2) is 30.0 Å². The van der Waals surface area contributed by atoms with Crippen molar-refractivity contribution < 1.29 is 9.53 Å². The molecule has 0 radical (unpaired) electrons. The molecule has 146 valence electrons. The molecule has 0 aliphatic carbocycles. The lowest BCUT2D eigenvalue weighted by atomic mass is 10.3. The molecule has 1 atom stereocenters. The van der Waals surface area contributed by atoms with Crippen molar-refractivity contribution in [2.45, 2.75) is 32.9 Å². The molecule has 1 aromatic carbocycles. The zero-order valence-corrected chi connectivity index (χ0v) is 17.9. The number of amides is 1. The smallest absolute Gasteiger partial charge is 0.226 e. The minimum absolute atomic E-state index is 0. The zero-order chi connectivity index (χ0) is 17.4. The van der Waals surface area contributed by atoms with E-state index in [0.29, 0.717) is 18.2 Å². The molecule has 0 fully saturated rings. The van der Waals surface area contributed by atoms with Crippen LogP contribution in [0.1, 0.15) is 24.5 Å². The van der Waals surface area contributed by atoms with Crippen LogP contribution in [0.15, 0.2) is 29.6 Å². The molecule has 1 heterocycles. The van der Waals surface area contributed by atoms with Gasteiger partial charge in [0.1, 0.15) is 17.4 Å². The standard InChI is InChI=1S/C17H22ClN3O2S.2ClH/c1-3-19-12(2)9-20-16(22)8-14-11-24-17(21-14)10-23-15-6-4-13(18)5-7-15;;/h4-7,11-12,19H,3,8-10H2,1-2H3,(H,20,22);2*1H/t12-;;/m1../s1. The largest absolute Gasteiger partial charge is 0.486 e. The maximum Gasteiger partial charge on any atom is 0.226 e. The number of hydrogen-bond donors (Lipinski definition) is 2. The third kappa shape index (κ3) is 9.05. The van der Waals surface area contributed by atoms with Gasteiger partial charge in [-0.3, -0.25) is 4.79 Å². The molecule has 2 aromatic rings. The Morgan fingerprint density at radius 3 is 2.65 bits per heavy atom. The first-order chi connectivity index (χ1) is 11.6. The Morgan fingerprint density at radius 2 is 2.00 bits per heavy atom. The SMILES string of the molecule is CCN[C@H](C)CNC(=O)Cc1csc(COc2ccc(Cl)cc2)n1.Cl.Cl. The summed E-state index contributed by atoms with van der Waals surface area (Å²) in [5.41, 5.74) is 0.767. The first kappa shape index (κ1) is 24.9. The summed E-state index contributed by atoms with van der Waals surface area (Å²) in [7, 11) is 0. The first-order valence-electron chi connectivity index (χ1n) is 7.88. The van der Waals surface area contributed by atoms with Crippen molar-refractivity contribution in [1.82, 2.24) is 15.6 Å². The van der Waals surface area contributed by atoms with Crippen LogP contribution in [0.3, 0.4) is 0 Å². The number of ether oxygens (including phenoxy) is 1. The quantitative estimate of drug-likeness (QED) is 0.621. The van der Waals surface area contributed by atoms with Gasteiger partial charge in [-0.25, -0.2) is 4.98 Å². The molecule has 0 bridgehead atoms. The molecule has 9 heteroatoms. The third-order valence-corrected chi connectivity index (χ3v) is 4.40. The van der Waals surface area contributed by atoms with E-state index in [2.05, 4.69) is 15.6 Å². The number of halogens is 3. The highest BCUT2D eigenvalue weighted by Gasteiger charge is 2.09. The molecule has 2 rings (SSSR count). The van der Waals surface area contributed by atoms with Crippen molar-refractivity contribution in [3.05, 3.63) is 45.4 Å². The van der Waals surface area contributed by atoms with Crippen molar-refractivity contribution in [2.75, 3.05) is 13.1 Å². The fourth-order valence-electron chi connectivity index (χ4n) is 2.09. The van der Waals surface area contributed by atoms with E-state index in [1.165, 1.54) is 11.3 Å². The fraction of sp³-hybridized carbons (Fsp3) is 0.412. The van der Waals surface area contributed by atoms with Gasteiger partial charge in [-0.1, -0.05) is 18.5 Å². The lowest BCUT2D eigenvalue weighted by Crippen LogP contribution is -2.39. The van der Waals surface area contributed by atoms with Crippen molar-refractivity contribution in [3.63, 3.8) is 0 Å². The van der Waals surface area contributed by atoms with Crippen LogP contribution in [0.4, 0.5) is 0 Å². The number of nitrogens with one attached hydrogen (secondary N) is 2. The molecule has 5 nitrogen and oxygen atoms in total. The number of carbonyl (C=O) groups excluding carboxylic acids is 1. The summed E-state index contributed by atoms with van der Waals surface area (Å²) in [6, 6.07) is 7.45. The molecule has 0 aliphatic rings. The van der Waals surface area contributed by atoms with Gasteiger partial charge in [0.25, 0.3) is 0 Å². The number of nitrogens with zero attached hydrogens (tertiary/aromatic N) is 1. The second kappa shape index (κ2) is 13.2. The van der Waals surface area contributed by atoms with Crippen LogP contribution in [0.2, 0.25) is 5.02 Å². The van der Waals surface area contributed by atoms with Gasteiger partial charge in [0.2, 0.25) is 5.91 Å².